The molecular weight excluding hydrogens is 262 g/mol. The Labute approximate surface area is 117 Å². The maximum absolute atomic E-state index is 10.1. The molecule has 4 nitrogen and oxygen atoms in total. The van der Waals surface area contributed by atoms with Crippen LogP contribution < -0.4 is 4.74 Å². The number of hydrogen-bond donors (Lipinski definition) is 1. The van der Waals surface area contributed by atoms with E-state index in [0.717, 1.165) is 16.4 Å². The van der Waals surface area contributed by atoms with Gasteiger partial charge < -0.3 is 14.6 Å². The fourth-order valence-electron chi connectivity index (χ4n) is 1.75. The average Bonchev–Trinajstić information content (AvgIpc) is 2.70. The van der Waals surface area contributed by atoms with E-state index in [0.29, 0.717) is 19.0 Å². The normalized spacial score (nSPS) is 17.3. The Balaban J connectivity index is 2.12. The van der Waals surface area contributed by atoms with Crippen LogP contribution in [0.2, 0.25) is 0 Å². The van der Waals surface area contributed by atoms with Gasteiger partial charge in [0.2, 0.25) is 0 Å². The van der Waals surface area contributed by atoms with Crippen LogP contribution >= 0.6 is 11.8 Å². The average molecular weight is 281 g/mol. The van der Waals surface area contributed by atoms with Gasteiger partial charge in [-0.05, 0) is 26.0 Å². The highest BCUT2D eigenvalue weighted by atomic mass is 32.2. The van der Waals surface area contributed by atoms with Crippen molar-refractivity contribution in [1.29, 1.82) is 0 Å². The minimum atomic E-state index is -0.0555. The summed E-state index contributed by atoms with van der Waals surface area (Å²) < 4.78 is 10.4. The van der Waals surface area contributed by atoms with E-state index in [-0.39, 0.29) is 11.3 Å². The van der Waals surface area contributed by atoms with Crippen molar-refractivity contribution >= 4 is 16.8 Å². The van der Waals surface area contributed by atoms with Crippen molar-refractivity contribution in [1.82, 2.24) is 0 Å². The van der Waals surface area contributed by atoms with Gasteiger partial charge in [-0.3, -0.25) is 4.99 Å². The molecule has 1 N–H and O–H groups in total. The minimum absolute atomic E-state index is 0.0555. The van der Waals surface area contributed by atoms with Crippen LogP contribution in [-0.4, -0.2) is 41.8 Å². The van der Waals surface area contributed by atoms with Gasteiger partial charge in [-0.1, -0.05) is 0 Å². The van der Waals surface area contributed by atoms with Crippen LogP contribution in [0.25, 0.3) is 0 Å². The monoisotopic (exact) mass is 281 g/mol. The van der Waals surface area contributed by atoms with Gasteiger partial charge >= 0.3 is 0 Å². The first kappa shape index (κ1) is 14.2. The maximum atomic E-state index is 10.1. The third kappa shape index (κ3) is 3.64. The molecule has 0 radical (unpaired) electrons. The molecule has 5 heteroatoms. The summed E-state index contributed by atoms with van der Waals surface area (Å²) in [6.07, 6.45) is 0. The summed E-state index contributed by atoms with van der Waals surface area (Å²) in [5.41, 5.74) is 0.717. The molecule has 0 saturated carbocycles. The molecule has 0 fully saturated rings. The third-order valence-corrected chi connectivity index (χ3v) is 4.16. The van der Waals surface area contributed by atoms with Crippen molar-refractivity contribution < 1.29 is 14.6 Å². The van der Waals surface area contributed by atoms with Crippen LogP contribution in [0.1, 0.15) is 19.4 Å². The molecule has 104 valence electrons. The zero-order valence-electron chi connectivity index (χ0n) is 11.5. The summed E-state index contributed by atoms with van der Waals surface area (Å²) in [5, 5.41) is 11.0. The second-order valence-corrected chi connectivity index (χ2v) is 6.00. The van der Waals surface area contributed by atoms with E-state index >= 15 is 0 Å². The lowest BCUT2D eigenvalue weighted by atomic mass is 10.1. The lowest BCUT2D eigenvalue weighted by Crippen LogP contribution is -2.15. The molecule has 1 aliphatic rings. The zero-order valence-corrected chi connectivity index (χ0v) is 12.3. The second-order valence-electron chi connectivity index (χ2n) is 5.04. The van der Waals surface area contributed by atoms with E-state index < -0.39 is 0 Å². The molecule has 0 saturated heterocycles. The van der Waals surface area contributed by atoms with E-state index in [2.05, 4.69) is 18.8 Å². The van der Waals surface area contributed by atoms with Crippen LogP contribution in [0.3, 0.4) is 0 Å². The molecule has 0 amide bonds. The Morgan fingerprint density at radius 2 is 2.16 bits per heavy atom. The van der Waals surface area contributed by atoms with Gasteiger partial charge in [0.15, 0.2) is 0 Å². The predicted molar refractivity (Wildman–Crippen MR) is 78.6 cm³/mol. The largest absolute Gasteiger partial charge is 0.507 e. The number of nitrogens with zero attached hydrogens (tertiary/aromatic N) is 1. The molecule has 1 aromatic carbocycles. The van der Waals surface area contributed by atoms with Crippen molar-refractivity contribution in [3.8, 4) is 11.5 Å². The molecule has 0 aromatic heterocycles. The Morgan fingerprint density at radius 1 is 1.37 bits per heavy atom. The number of ether oxygens (including phenoxy) is 2. The van der Waals surface area contributed by atoms with Gasteiger partial charge in [0.1, 0.15) is 23.1 Å². The number of phenolic OH excluding ortho intramolecular Hbond substituents is 1. The topological polar surface area (TPSA) is 51.0 Å². The quantitative estimate of drug-likeness (QED) is 0.843. The maximum Gasteiger partial charge on any atom is 0.129 e. The molecule has 2 rings (SSSR count). The van der Waals surface area contributed by atoms with Crippen molar-refractivity contribution in [3.63, 3.8) is 0 Å². The summed E-state index contributed by atoms with van der Waals surface area (Å²) in [7, 11) is 1.63. The summed E-state index contributed by atoms with van der Waals surface area (Å²) >= 11 is 1.67. The third-order valence-electron chi connectivity index (χ3n) is 2.72. The molecule has 0 bridgehead atoms. The Morgan fingerprint density at radius 3 is 2.74 bits per heavy atom. The fourth-order valence-corrected chi connectivity index (χ4v) is 2.94. The van der Waals surface area contributed by atoms with E-state index in [9.17, 15) is 5.11 Å². The van der Waals surface area contributed by atoms with Gasteiger partial charge in [0.05, 0.1) is 12.1 Å². The highest BCUT2D eigenvalue weighted by Crippen LogP contribution is 2.34. The fraction of sp³-hybridized carbons (Fsp3) is 0.500. The first-order valence-electron chi connectivity index (χ1n) is 6.19. The smallest absolute Gasteiger partial charge is 0.129 e. The lowest BCUT2D eigenvalue weighted by Gasteiger charge is -2.10. The highest BCUT2D eigenvalue weighted by Gasteiger charge is 2.27. The van der Waals surface area contributed by atoms with E-state index in [1.54, 1.807) is 24.9 Å². The highest BCUT2D eigenvalue weighted by molar-refractivity contribution is 8.14. The first-order valence-corrected chi connectivity index (χ1v) is 7.18. The van der Waals surface area contributed by atoms with E-state index in [1.165, 1.54) is 0 Å². The minimum Gasteiger partial charge on any atom is -0.507 e. The molecule has 0 unspecified atom stereocenters. The zero-order chi connectivity index (χ0) is 13.9. The Bertz CT molecular complexity index is 486. The molecule has 1 aromatic rings. The van der Waals surface area contributed by atoms with Crippen LogP contribution in [0.4, 0.5) is 0 Å². The van der Waals surface area contributed by atoms with Gasteiger partial charge in [0, 0.05) is 24.5 Å². The van der Waals surface area contributed by atoms with Gasteiger partial charge in [-0.2, -0.15) is 0 Å². The van der Waals surface area contributed by atoms with Crippen molar-refractivity contribution in [2.75, 3.05) is 26.1 Å². The van der Waals surface area contributed by atoms with E-state index in [1.807, 2.05) is 12.1 Å². The molecule has 0 aliphatic carbocycles. The predicted octanol–water partition coefficient (Wildman–Crippen LogP) is 2.69. The first-order chi connectivity index (χ1) is 9.02. The van der Waals surface area contributed by atoms with Gasteiger partial charge in [-0.15, -0.1) is 11.8 Å². The molecule has 0 spiro atoms. The van der Waals surface area contributed by atoms with Crippen LogP contribution in [0.5, 0.6) is 11.5 Å². The summed E-state index contributed by atoms with van der Waals surface area (Å²) in [6.45, 7) is 5.18. The summed E-state index contributed by atoms with van der Waals surface area (Å²) in [5.74, 6) is 1.79. The van der Waals surface area contributed by atoms with Gasteiger partial charge in [-0.25, -0.2) is 0 Å². The van der Waals surface area contributed by atoms with Gasteiger partial charge in [0.25, 0.3) is 0 Å². The van der Waals surface area contributed by atoms with Crippen LogP contribution in [0.15, 0.2) is 23.2 Å². The number of methoxy groups -OCH3 is 1. The summed E-state index contributed by atoms with van der Waals surface area (Å²) in [6, 6.07) is 5.32. The number of hydrogen-bond acceptors (Lipinski definition) is 5. The molecule has 1 aliphatic heterocycles. The van der Waals surface area contributed by atoms with Crippen molar-refractivity contribution in [2.45, 2.75) is 19.4 Å². The number of thioether (sulfide) groups is 1. The SMILES string of the molecule is COCCOc1ccc(C2=NC(C)(C)CS2)c(O)c1. The number of phenols is 1. The van der Waals surface area contributed by atoms with Crippen LogP contribution in [0, 0.1) is 0 Å². The van der Waals surface area contributed by atoms with E-state index in [4.69, 9.17) is 9.47 Å². The Hall–Kier alpha value is -1.20. The summed E-state index contributed by atoms with van der Waals surface area (Å²) in [4.78, 5) is 4.62. The lowest BCUT2D eigenvalue weighted by molar-refractivity contribution is 0.146. The Kier molecular flexibility index (Phi) is 4.37. The van der Waals surface area contributed by atoms with Crippen molar-refractivity contribution in [2.24, 2.45) is 4.99 Å². The number of benzene rings is 1. The standard InChI is InChI=1S/C14H19NO3S/c1-14(2)9-19-13(15-14)11-5-4-10(8-12(11)16)18-7-6-17-3/h4-5,8,16H,6-7,9H2,1-3H3. The number of aliphatic imine (C=N–C) groups is 1. The molecule has 1 heterocycles. The molecule has 0 atom stereocenters. The van der Waals surface area contributed by atoms with Crippen molar-refractivity contribution in [3.05, 3.63) is 23.8 Å². The van der Waals surface area contributed by atoms with Crippen LogP contribution in [-0.2, 0) is 4.74 Å². The second kappa shape index (κ2) is 5.84. The molecule has 19 heavy (non-hydrogen) atoms. The molecular formula is C14H19NO3S. The number of aromatic hydroxyl groups is 1. The number of rotatable bonds is 5.